The summed E-state index contributed by atoms with van der Waals surface area (Å²) in [4.78, 5) is 0. The molecule has 0 aromatic heterocycles. The van der Waals surface area contributed by atoms with Crippen molar-refractivity contribution < 1.29 is 4.74 Å². The predicted molar refractivity (Wildman–Crippen MR) is 53.2 cm³/mol. The minimum Gasteiger partial charge on any atom is -0.381 e. The summed E-state index contributed by atoms with van der Waals surface area (Å²) in [6, 6.07) is 0.323. The predicted octanol–water partition coefficient (Wildman–Crippen LogP) is 2.32. The van der Waals surface area contributed by atoms with Crippen LogP contribution in [0, 0.1) is 0 Å². The highest BCUT2D eigenvalue weighted by Gasteiger charge is 1.93. The molecule has 0 amide bonds. The quantitative estimate of drug-likeness (QED) is 0.572. The SMILES string of the molecule is CCCCCOCCCC(C)N. The summed E-state index contributed by atoms with van der Waals surface area (Å²) in [5.41, 5.74) is 5.60. The second kappa shape index (κ2) is 9.01. The second-order valence-electron chi connectivity index (χ2n) is 3.44. The first kappa shape index (κ1) is 11.9. The van der Waals surface area contributed by atoms with E-state index in [1.807, 2.05) is 6.92 Å². The number of unbranched alkanes of at least 4 members (excludes halogenated alkanes) is 2. The van der Waals surface area contributed by atoms with Crippen molar-refractivity contribution in [1.29, 1.82) is 0 Å². The van der Waals surface area contributed by atoms with E-state index >= 15 is 0 Å². The Bertz CT molecular complexity index is 83.9. The summed E-state index contributed by atoms with van der Waals surface area (Å²) in [5.74, 6) is 0. The van der Waals surface area contributed by atoms with Crippen LogP contribution in [0.4, 0.5) is 0 Å². The third-order valence-corrected chi connectivity index (χ3v) is 1.84. The molecule has 2 nitrogen and oxygen atoms in total. The van der Waals surface area contributed by atoms with Crippen LogP contribution in [0.2, 0.25) is 0 Å². The molecule has 0 heterocycles. The molecule has 1 atom stereocenters. The van der Waals surface area contributed by atoms with Crippen LogP contribution in [0.1, 0.15) is 46.0 Å². The molecule has 74 valence electrons. The zero-order valence-electron chi connectivity index (χ0n) is 8.51. The van der Waals surface area contributed by atoms with Crippen molar-refractivity contribution in [2.24, 2.45) is 5.73 Å². The Hall–Kier alpha value is -0.0800. The average Bonchev–Trinajstić information content (AvgIpc) is 2.02. The van der Waals surface area contributed by atoms with Gasteiger partial charge in [-0.25, -0.2) is 0 Å². The third-order valence-electron chi connectivity index (χ3n) is 1.84. The van der Waals surface area contributed by atoms with Crippen molar-refractivity contribution in [1.82, 2.24) is 0 Å². The molecule has 0 aromatic carbocycles. The van der Waals surface area contributed by atoms with E-state index in [4.69, 9.17) is 10.5 Å². The molecule has 0 spiro atoms. The minimum atomic E-state index is 0.323. The van der Waals surface area contributed by atoms with Crippen LogP contribution in [0.5, 0.6) is 0 Å². The summed E-state index contributed by atoms with van der Waals surface area (Å²) in [5, 5.41) is 0. The highest BCUT2D eigenvalue weighted by atomic mass is 16.5. The van der Waals surface area contributed by atoms with Gasteiger partial charge in [0.1, 0.15) is 0 Å². The lowest BCUT2D eigenvalue weighted by Gasteiger charge is -2.05. The normalized spacial score (nSPS) is 13.2. The number of hydrogen-bond acceptors (Lipinski definition) is 2. The summed E-state index contributed by atoms with van der Waals surface area (Å²) in [6.07, 6.45) is 5.93. The zero-order valence-corrected chi connectivity index (χ0v) is 8.51. The Morgan fingerprint density at radius 2 is 1.83 bits per heavy atom. The van der Waals surface area contributed by atoms with Crippen LogP contribution in [0.15, 0.2) is 0 Å². The molecule has 0 radical (unpaired) electrons. The highest BCUT2D eigenvalue weighted by Crippen LogP contribution is 1.97. The first-order chi connectivity index (χ1) is 5.77. The fraction of sp³-hybridized carbons (Fsp3) is 1.00. The average molecular weight is 173 g/mol. The first-order valence-corrected chi connectivity index (χ1v) is 5.10. The fourth-order valence-corrected chi connectivity index (χ4v) is 1.06. The van der Waals surface area contributed by atoms with Gasteiger partial charge >= 0.3 is 0 Å². The maximum absolute atomic E-state index is 5.60. The van der Waals surface area contributed by atoms with Gasteiger partial charge in [-0.1, -0.05) is 19.8 Å². The molecule has 0 aliphatic rings. The monoisotopic (exact) mass is 173 g/mol. The number of ether oxygens (including phenoxy) is 1. The van der Waals surface area contributed by atoms with Gasteiger partial charge in [0, 0.05) is 19.3 Å². The van der Waals surface area contributed by atoms with Crippen LogP contribution in [0.25, 0.3) is 0 Å². The lowest BCUT2D eigenvalue weighted by molar-refractivity contribution is 0.125. The van der Waals surface area contributed by atoms with E-state index in [9.17, 15) is 0 Å². The third kappa shape index (κ3) is 9.92. The van der Waals surface area contributed by atoms with Gasteiger partial charge in [-0.15, -0.1) is 0 Å². The molecule has 0 rings (SSSR count). The van der Waals surface area contributed by atoms with E-state index in [0.29, 0.717) is 6.04 Å². The Balaban J connectivity index is 2.82. The standard InChI is InChI=1S/C10H23NO/c1-3-4-5-8-12-9-6-7-10(2)11/h10H,3-9,11H2,1-2H3. The Morgan fingerprint density at radius 3 is 2.42 bits per heavy atom. The van der Waals surface area contributed by atoms with E-state index in [1.165, 1.54) is 19.3 Å². The molecule has 0 aliphatic carbocycles. The Morgan fingerprint density at radius 1 is 1.17 bits per heavy atom. The van der Waals surface area contributed by atoms with Gasteiger partial charge in [0.25, 0.3) is 0 Å². The number of nitrogens with two attached hydrogens (primary N) is 1. The zero-order chi connectivity index (χ0) is 9.23. The van der Waals surface area contributed by atoms with E-state index in [-0.39, 0.29) is 0 Å². The van der Waals surface area contributed by atoms with Gasteiger partial charge in [-0.05, 0) is 26.2 Å². The van der Waals surface area contributed by atoms with E-state index in [1.54, 1.807) is 0 Å². The molecule has 0 aliphatic heterocycles. The molecule has 0 fully saturated rings. The smallest absolute Gasteiger partial charge is 0.0466 e. The Kier molecular flexibility index (Phi) is 8.95. The van der Waals surface area contributed by atoms with Crippen molar-refractivity contribution >= 4 is 0 Å². The highest BCUT2D eigenvalue weighted by molar-refractivity contribution is 4.51. The van der Waals surface area contributed by atoms with Crippen molar-refractivity contribution in [3.05, 3.63) is 0 Å². The first-order valence-electron chi connectivity index (χ1n) is 5.10. The molecule has 12 heavy (non-hydrogen) atoms. The molecular weight excluding hydrogens is 150 g/mol. The summed E-state index contributed by atoms with van der Waals surface area (Å²) in [7, 11) is 0. The van der Waals surface area contributed by atoms with Gasteiger partial charge in [-0.2, -0.15) is 0 Å². The maximum Gasteiger partial charge on any atom is 0.0466 e. The van der Waals surface area contributed by atoms with Gasteiger partial charge < -0.3 is 10.5 Å². The number of hydrogen-bond donors (Lipinski definition) is 1. The number of rotatable bonds is 8. The van der Waals surface area contributed by atoms with E-state index < -0.39 is 0 Å². The fourth-order valence-electron chi connectivity index (χ4n) is 1.06. The van der Waals surface area contributed by atoms with Crippen molar-refractivity contribution in [3.63, 3.8) is 0 Å². The van der Waals surface area contributed by atoms with E-state index in [2.05, 4.69) is 6.92 Å². The molecule has 2 N–H and O–H groups in total. The van der Waals surface area contributed by atoms with Crippen LogP contribution in [-0.2, 0) is 4.74 Å². The molecule has 0 aromatic rings. The van der Waals surface area contributed by atoms with Crippen LogP contribution in [0.3, 0.4) is 0 Å². The molecule has 1 unspecified atom stereocenters. The lowest BCUT2D eigenvalue weighted by atomic mass is 10.2. The second-order valence-corrected chi connectivity index (χ2v) is 3.44. The van der Waals surface area contributed by atoms with Gasteiger partial charge in [0.05, 0.1) is 0 Å². The van der Waals surface area contributed by atoms with Crippen molar-refractivity contribution in [2.75, 3.05) is 13.2 Å². The topological polar surface area (TPSA) is 35.2 Å². The summed E-state index contributed by atoms with van der Waals surface area (Å²) in [6.45, 7) is 6.05. The van der Waals surface area contributed by atoms with Crippen LogP contribution < -0.4 is 5.73 Å². The Labute approximate surface area is 76.5 Å². The molecule has 0 saturated carbocycles. The largest absolute Gasteiger partial charge is 0.381 e. The summed E-state index contributed by atoms with van der Waals surface area (Å²) < 4.78 is 5.43. The molecule has 0 bridgehead atoms. The molecule has 0 saturated heterocycles. The molecular formula is C10H23NO. The van der Waals surface area contributed by atoms with Gasteiger partial charge in [-0.3, -0.25) is 0 Å². The van der Waals surface area contributed by atoms with Gasteiger partial charge in [0.2, 0.25) is 0 Å². The van der Waals surface area contributed by atoms with Crippen LogP contribution >= 0.6 is 0 Å². The van der Waals surface area contributed by atoms with Crippen molar-refractivity contribution in [3.8, 4) is 0 Å². The maximum atomic E-state index is 5.60. The minimum absolute atomic E-state index is 0.323. The van der Waals surface area contributed by atoms with Crippen LogP contribution in [-0.4, -0.2) is 19.3 Å². The van der Waals surface area contributed by atoms with E-state index in [0.717, 1.165) is 26.1 Å². The van der Waals surface area contributed by atoms with Gasteiger partial charge in [0.15, 0.2) is 0 Å². The van der Waals surface area contributed by atoms with Crippen molar-refractivity contribution in [2.45, 2.75) is 52.0 Å². The summed E-state index contributed by atoms with van der Waals surface area (Å²) >= 11 is 0. The molecule has 2 heteroatoms. The lowest BCUT2D eigenvalue weighted by Crippen LogP contribution is -2.15.